The molecule has 0 aliphatic rings. The Morgan fingerprint density at radius 1 is 1.03 bits per heavy atom. The van der Waals surface area contributed by atoms with Crippen molar-refractivity contribution in [2.24, 2.45) is 0 Å². The van der Waals surface area contributed by atoms with E-state index in [1.165, 1.54) is 21.1 Å². The van der Waals surface area contributed by atoms with Crippen LogP contribution in [0.3, 0.4) is 0 Å². The molecule has 0 heterocycles. The van der Waals surface area contributed by atoms with Crippen LogP contribution in [0, 0.1) is 0 Å². The van der Waals surface area contributed by atoms with E-state index in [9.17, 15) is 13.2 Å². The Morgan fingerprint density at radius 3 is 2.20 bits per heavy atom. The number of nitrogens with zero attached hydrogens (tertiary/aromatic N) is 1. The molecule has 9 heteroatoms. The van der Waals surface area contributed by atoms with Gasteiger partial charge < -0.3 is 23.9 Å². The number of urea groups is 1. The van der Waals surface area contributed by atoms with Crippen LogP contribution in [0.5, 0.6) is 17.2 Å². The lowest BCUT2D eigenvalue weighted by molar-refractivity contribution is 0.193. The van der Waals surface area contributed by atoms with Gasteiger partial charge in [0.25, 0.3) is 0 Å². The maximum Gasteiger partial charge on any atom is 0.322 e. The molecule has 0 saturated heterocycles. The van der Waals surface area contributed by atoms with Crippen molar-refractivity contribution in [2.75, 3.05) is 25.3 Å². The van der Waals surface area contributed by atoms with E-state index in [2.05, 4.69) is 5.32 Å². The molecule has 0 unspecified atom stereocenters. The van der Waals surface area contributed by atoms with Gasteiger partial charge >= 0.3 is 16.1 Å². The molecule has 0 aromatic heterocycles. The summed E-state index contributed by atoms with van der Waals surface area (Å²) in [5, 5.41) is 2.85. The quantitative estimate of drug-likeness (QED) is 0.600. The van der Waals surface area contributed by atoms with Gasteiger partial charge in [0, 0.05) is 36.5 Å². The van der Waals surface area contributed by atoms with Crippen LogP contribution in [0.25, 0.3) is 0 Å². The number of hydrogen-bond donors (Lipinski definition) is 1. The average molecular weight is 437 g/mol. The zero-order valence-electron chi connectivity index (χ0n) is 17.8. The van der Waals surface area contributed by atoms with Crippen molar-refractivity contribution >= 4 is 21.8 Å². The van der Waals surface area contributed by atoms with Crippen molar-refractivity contribution in [1.82, 2.24) is 4.90 Å². The molecule has 0 radical (unpaired) electrons. The molecular weight excluding hydrogens is 408 g/mol. The highest BCUT2D eigenvalue weighted by Gasteiger charge is 2.19. The molecule has 0 atom stereocenters. The molecule has 0 aliphatic heterocycles. The Hall–Kier alpha value is -2.94. The van der Waals surface area contributed by atoms with Crippen LogP contribution in [0.4, 0.5) is 10.5 Å². The molecule has 2 rings (SSSR count). The molecule has 0 spiro atoms. The Kier molecular flexibility index (Phi) is 7.93. The van der Waals surface area contributed by atoms with E-state index in [1.807, 2.05) is 19.9 Å². The lowest BCUT2D eigenvalue weighted by Gasteiger charge is -2.27. The summed E-state index contributed by atoms with van der Waals surface area (Å²) in [6, 6.07) is 11.4. The van der Waals surface area contributed by atoms with Crippen LogP contribution in [0.15, 0.2) is 42.5 Å². The van der Waals surface area contributed by atoms with Gasteiger partial charge in [-0.15, -0.1) is 0 Å². The van der Waals surface area contributed by atoms with E-state index in [0.29, 0.717) is 17.2 Å². The summed E-state index contributed by atoms with van der Waals surface area (Å²) in [5.74, 6) is 1.21. The summed E-state index contributed by atoms with van der Waals surface area (Å²) in [7, 11) is -0.548. The Balaban J connectivity index is 2.19. The zero-order valence-corrected chi connectivity index (χ0v) is 18.7. The molecule has 2 amide bonds. The van der Waals surface area contributed by atoms with Gasteiger partial charge in [-0.25, -0.2) is 4.79 Å². The van der Waals surface area contributed by atoms with Crippen molar-refractivity contribution in [3.05, 3.63) is 48.0 Å². The number of carbonyl (C=O) groups is 1. The SMILES string of the molecule is CCS(=O)(=O)Oc1cccc(CN(C(=O)Nc2cc(OC)cc(OC)c2)C(C)C)c1. The number of methoxy groups -OCH3 is 2. The first-order valence-corrected chi connectivity index (χ1v) is 11.1. The smallest absolute Gasteiger partial charge is 0.322 e. The van der Waals surface area contributed by atoms with E-state index < -0.39 is 10.1 Å². The molecule has 2 aromatic rings. The molecule has 0 bridgehead atoms. The number of anilines is 1. The third-order valence-electron chi connectivity index (χ3n) is 4.32. The second-order valence-electron chi connectivity index (χ2n) is 6.83. The third-order valence-corrected chi connectivity index (χ3v) is 5.47. The largest absolute Gasteiger partial charge is 0.497 e. The lowest BCUT2D eigenvalue weighted by Crippen LogP contribution is -2.39. The van der Waals surface area contributed by atoms with Crippen molar-refractivity contribution in [2.45, 2.75) is 33.4 Å². The molecule has 8 nitrogen and oxygen atoms in total. The summed E-state index contributed by atoms with van der Waals surface area (Å²) in [6.45, 7) is 5.58. The Bertz CT molecular complexity index is 953. The Labute approximate surface area is 177 Å². The minimum atomic E-state index is -3.62. The molecule has 30 heavy (non-hydrogen) atoms. The fourth-order valence-electron chi connectivity index (χ4n) is 2.66. The van der Waals surface area contributed by atoms with Crippen molar-refractivity contribution in [3.8, 4) is 17.2 Å². The van der Waals surface area contributed by atoms with Crippen LogP contribution in [-0.2, 0) is 16.7 Å². The van der Waals surface area contributed by atoms with Gasteiger partial charge in [0.15, 0.2) is 0 Å². The molecule has 0 saturated carbocycles. The highest BCUT2D eigenvalue weighted by molar-refractivity contribution is 7.87. The van der Waals surface area contributed by atoms with Gasteiger partial charge in [-0.2, -0.15) is 8.42 Å². The Morgan fingerprint density at radius 2 is 1.67 bits per heavy atom. The van der Waals surface area contributed by atoms with Gasteiger partial charge in [-0.05, 0) is 38.5 Å². The predicted molar refractivity (Wildman–Crippen MR) is 116 cm³/mol. The molecule has 2 aromatic carbocycles. The van der Waals surface area contributed by atoms with Crippen LogP contribution in [0.2, 0.25) is 0 Å². The van der Waals surface area contributed by atoms with E-state index in [4.69, 9.17) is 13.7 Å². The lowest BCUT2D eigenvalue weighted by atomic mass is 10.2. The van der Waals surface area contributed by atoms with Crippen molar-refractivity contribution in [1.29, 1.82) is 0 Å². The van der Waals surface area contributed by atoms with Crippen LogP contribution >= 0.6 is 0 Å². The number of rotatable bonds is 9. The molecule has 0 fully saturated rings. The monoisotopic (exact) mass is 436 g/mol. The first-order valence-electron chi connectivity index (χ1n) is 9.49. The van der Waals surface area contributed by atoms with Crippen molar-refractivity contribution < 1.29 is 26.9 Å². The minimum Gasteiger partial charge on any atom is -0.497 e. The summed E-state index contributed by atoms with van der Waals surface area (Å²) >= 11 is 0. The van der Waals surface area contributed by atoms with Gasteiger partial charge in [-0.3, -0.25) is 0 Å². The predicted octanol–water partition coefficient (Wildman–Crippen LogP) is 3.87. The highest BCUT2D eigenvalue weighted by Crippen LogP contribution is 2.26. The van der Waals surface area contributed by atoms with E-state index >= 15 is 0 Å². The third kappa shape index (κ3) is 6.55. The minimum absolute atomic E-state index is 0.110. The normalized spacial score (nSPS) is 11.1. The summed E-state index contributed by atoms with van der Waals surface area (Å²) < 4.78 is 39.0. The van der Waals surface area contributed by atoms with E-state index in [1.54, 1.807) is 41.3 Å². The fourth-order valence-corrected chi connectivity index (χ4v) is 3.18. The van der Waals surface area contributed by atoms with Gasteiger partial charge in [0.05, 0.1) is 20.0 Å². The van der Waals surface area contributed by atoms with Gasteiger partial charge in [0.1, 0.15) is 17.2 Å². The number of ether oxygens (including phenoxy) is 2. The van der Waals surface area contributed by atoms with Crippen LogP contribution < -0.4 is 19.0 Å². The van der Waals surface area contributed by atoms with Crippen LogP contribution in [0.1, 0.15) is 26.3 Å². The molecule has 164 valence electrons. The first kappa shape index (κ1) is 23.3. The zero-order chi connectivity index (χ0) is 22.3. The average Bonchev–Trinajstić information content (AvgIpc) is 2.71. The number of amides is 2. The topological polar surface area (TPSA) is 94.2 Å². The number of nitrogens with one attached hydrogen (secondary N) is 1. The van der Waals surface area contributed by atoms with Crippen LogP contribution in [-0.4, -0.2) is 45.4 Å². The van der Waals surface area contributed by atoms with E-state index in [-0.39, 0.29) is 30.1 Å². The molecular formula is C21H28N2O6S. The second kappa shape index (κ2) is 10.2. The molecule has 0 aliphatic carbocycles. The van der Waals surface area contributed by atoms with Gasteiger partial charge in [0.2, 0.25) is 0 Å². The number of carbonyl (C=O) groups excluding carboxylic acids is 1. The number of hydrogen-bond acceptors (Lipinski definition) is 6. The van der Waals surface area contributed by atoms with E-state index in [0.717, 1.165) is 5.56 Å². The first-order chi connectivity index (χ1) is 14.2. The van der Waals surface area contributed by atoms with Gasteiger partial charge in [-0.1, -0.05) is 12.1 Å². The fraction of sp³-hybridized carbons (Fsp3) is 0.381. The number of benzene rings is 2. The summed E-state index contributed by atoms with van der Waals surface area (Å²) in [6.07, 6.45) is 0. The molecule has 1 N–H and O–H groups in total. The maximum absolute atomic E-state index is 12.9. The standard InChI is InChI=1S/C21H28N2O6S/c1-6-30(25,26)29-18-9-7-8-16(10-18)14-23(15(2)3)21(24)22-17-11-19(27-4)13-20(12-17)28-5/h7-13,15H,6,14H2,1-5H3,(H,22,24). The second-order valence-corrected chi connectivity index (χ2v) is 8.69. The maximum atomic E-state index is 12.9. The summed E-state index contributed by atoms with van der Waals surface area (Å²) in [5.41, 5.74) is 1.28. The van der Waals surface area contributed by atoms with Crippen molar-refractivity contribution in [3.63, 3.8) is 0 Å². The summed E-state index contributed by atoms with van der Waals surface area (Å²) in [4.78, 5) is 14.5. The highest BCUT2D eigenvalue weighted by atomic mass is 32.2.